The van der Waals surface area contributed by atoms with E-state index < -0.39 is 56.9 Å². The number of carbonyl (C=O) groups is 3. The molecule has 0 aliphatic rings. The van der Waals surface area contributed by atoms with Gasteiger partial charge in [-0.05, 0) is 118 Å². The SMILES string of the molecule is Cc1ccc(S(=O)(=O)OCCCc2ccc(CC(C[C@H](NC(=O)OC(C)(C)C)C(=O)OC(C)(C)C)C(=O)OC(C)(C)C)cc2)cc1. The van der Waals surface area contributed by atoms with Gasteiger partial charge in [-0.3, -0.25) is 8.98 Å². The van der Waals surface area contributed by atoms with Gasteiger partial charge in [0.15, 0.2) is 0 Å². The third-order valence-corrected chi connectivity index (χ3v) is 7.63. The van der Waals surface area contributed by atoms with Crippen LogP contribution in [0.1, 0.15) is 91.8 Å². The molecule has 0 saturated carbocycles. The van der Waals surface area contributed by atoms with E-state index in [-0.39, 0.29) is 24.3 Å². The Morgan fingerprint density at radius 3 is 1.74 bits per heavy atom. The van der Waals surface area contributed by atoms with E-state index in [0.717, 1.165) is 16.7 Å². The van der Waals surface area contributed by atoms with Crippen molar-refractivity contribution in [2.24, 2.45) is 5.92 Å². The molecule has 1 N–H and O–H groups in total. The predicted molar refractivity (Wildman–Crippen MR) is 176 cm³/mol. The average molecular weight is 662 g/mol. The molecule has 11 heteroatoms. The maximum atomic E-state index is 13.4. The largest absolute Gasteiger partial charge is 0.460 e. The van der Waals surface area contributed by atoms with Crippen molar-refractivity contribution in [3.8, 4) is 0 Å². The van der Waals surface area contributed by atoms with E-state index in [2.05, 4.69) is 5.32 Å². The zero-order valence-electron chi connectivity index (χ0n) is 28.9. The van der Waals surface area contributed by atoms with Crippen LogP contribution in [0.2, 0.25) is 0 Å². The molecule has 0 aliphatic heterocycles. The highest BCUT2D eigenvalue weighted by Gasteiger charge is 2.35. The fraction of sp³-hybridized carbons (Fsp3) is 0.571. The van der Waals surface area contributed by atoms with E-state index in [0.29, 0.717) is 12.8 Å². The Kier molecular flexibility index (Phi) is 13.4. The summed E-state index contributed by atoms with van der Waals surface area (Å²) in [6.45, 7) is 17.5. The molecule has 2 atom stereocenters. The number of rotatable bonds is 13. The molecule has 0 radical (unpaired) electrons. The normalized spacial score (nSPS) is 13.8. The molecular weight excluding hydrogens is 610 g/mol. The maximum Gasteiger partial charge on any atom is 0.408 e. The summed E-state index contributed by atoms with van der Waals surface area (Å²) in [5.74, 6) is -1.99. The predicted octanol–water partition coefficient (Wildman–Crippen LogP) is 6.46. The van der Waals surface area contributed by atoms with Gasteiger partial charge in [-0.2, -0.15) is 8.42 Å². The van der Waals surface area contributed by atoms with Gasteiger partial charge in [0.1, 0.15) is 22.8 Å². The fourth-order valence-electron chi connectivity index (χ4n) is 4.31. The van der Waals surface area contributed by atoms with E-state index in [9.17, 15) is 22.8 Å². The summed E-state index contributed by atoms with van der Waals surface area (Å²) in [5, 5.41) is 2.59. The van der Waals surface area contributed by atoms with Crippen molar-refractivity contribution < 1.29 is 41.2 Å². The number of ether oxygens (including phenoxy) is 3. The summed E-state index contributed by atoms with van der Waals surface area (Å²) >= 11 is 0. The topological polar surface area (TPSA) is 134 Å². The summed E-state index contributed by atoms with van der Waals surface area (Å²) in [6.07, 6.45) is 0.435. The van der Waals surface area contributed by atoms with Gasteiger partial charge < -0.3 is 19.5 Å². The smallest absolute Gasteiger partial charge is 0.408 e. The number of hydrogen-bond donors (Lipinski definition) is 1. The van der Waals surface area contributed by atoms with Crippen molar-refractivity contribution in [2.75, 3.05) is 6.61 Å². The van der Waals surface area contributed by atoms with Crippen molar-refractivity contribution in [3.05, 3.63) is 65.2 Å². The van der Waals surface area contributed by atoms with Crippen LogP contribution in [-0.4, -0.2) is 55.9 Å². The monoisotopic (exact) mass is 661 g/mol. The minimum atomic E-state index is -3.83. The maximum absolute atomic E-state index is 13.4. The highest BCUT2D eigenvalue weighted by Crippen LogP contribution is 2.23. The molecule has 0 aromatic heterocycles. The summed E-state index contributed by atoms with van der Waals surface area (Å²) in [5.41, 5.74) is 0.355. The Morgan fingerprint density at radius 2 is 1.22 bits per heavy atom. The number of amides is 1. The Balaban J connectivity index is 2.15. The zero-order chi connectivity index (χ0) is 34.9. The molecule has 1 unspecified atom stereocenters. The molecule has 0 bridgehead atoms. The molecule has 256 valence electrons. The number of alkyl carbamates (subject to hydrolysis) is 1. The highest BCUT2D eigenvalue weighted by molar-refractivity contribution is 7.86. The molecule has 0 spiro atoms. The second-order valence-electron chi connectivity index (χ2n) is 14.4. The molecule has 1 amide bonds. The number of aryl methyl sites for hydroxylation is 2. The number of benzene rings is 2. The first kappa shape index (κ1) is 38.7. The van der Waals surface area contributed by atoms with Gasteiger partial charge in [-0.1, -0.05) is 42.0 Å². The van der Waals surface area contributed by atoms with Gasteiger partial charge in [0, 0.05) is 0 Å². The second-order valence-corrected chi connectivity index (χ2v) is 16.0. The van der Waals surface area contributed by atoms with Gasteiger partial charge in [0.05, 0.1) is 17.4 Å². The van der Waals surface area contributed by atoms with Crippen LogP contribution in [0.15, 0.2) is 53.4 Å². The van der Waals surface area contributed by atoms with Crippen molar-refractivity contribution in [1.82, 2.24) is 5.32 Å². The molecule has 0 fully saturated rings. The Morgan fingerprint density at radius 1 is 0.717 bits per heavy atom. The molecule has 2 rings (SSSR count). The lowest BCUT2D eigenvalue weighted by atomic mass is 9.91. The first-order valence-corrected chi connectivity index (χ1v) is 16.9. The number of esters is 2. The first-order valence-electron chi connectivity index (χ1n) is 15.5. The van der Waals surface area contributed by atoms with E-state index in [1.165, 1.54) is 12.1 Å². The van der Waals surface area contributed by atoms with Crippen molar-refractivity contribution in [1.29, 1.82) is 0 Å². The van der Waals surface area contributed by atoms with E-state index >= 15 is 0 Å². The van der Waals surface area contributed by atoms with Crippen molar-refractivity contribution >= 4 is 28.1 Å². The van der Waals surface area contributed by atoms with E-state index in [1.807, 2.05) is 31.2 Å². The van der Waals surface area contributed by atoms with Crippen LogP contribution in [0.25, 0.3) is 0 Å². The van der Waals surface area contributed by atoms with Gasteiger partial charge >= 0.3 is 18.0 Å². The summed E-state index contributed by atoms with van der Waals surface area (Å²) in [4.78, 5) is 39.4. The molecule has 46 heavy (non-hydrogen) atoms. The van der Waals surface area contributed by atoms with E-state index in [4.69, 9.17) is 18.4 Å². The summed E-state index contributed by atoms with van der Waals surface area (Å²) in [7, 11) is -3.83. The minimum absolute atomic E-state index is 0.0371. The molecule has 2 aromatic rings. The van der Waals surface area contributed by atoms with Crippen molar-refractivity contribution in [2.45, 2.75) is 123 Å². The standard InChI is InChI=1S/C35H51NO9S/c1-24-13-19-28(20-14-24)46(40,41)42-21-11-12-25-15-17-26(18-16-25)22-27(30(37)43-33(2,3)4)23-29(31(38)44-34(5,6)7)36-32(39)45-35(8,9)10/h13-20,27,29H,11-12,21-23H2,1-10H3,(H,36,39)/t27?,29-/m0/s1. The third-order valence-electron chi connectivity index (χ3n) is 6.31. The summed E-state index contributed by atoms with van der Waals surface area (Å²) < 4.78 is 46.7. The lowest BCUT2D eigenvalue weighted by Crippen LogP contribution is -2.48. The van der Waals surface area contributed by atoms with Crippen LogP contribution in [-0.2, 0) is 50.9 Å². The Bertz CT molecular complexity index is 1410. The second kappa shape index (κ2) is 15.9. The van der Waals surface area contributed by atoms with Crippen molar-refractivity contribution in [3.63, 3.8) is 0 Å². The number of nitrogens with one attached hydrogen (secondary N) is 1. The van der Waals surface area contributed by atoms with E-state index in [1.54, 1.807) is 74.4 Å². The van der Waals surface area contributed by atoms with Crippen LogP contribution in [0.3, 0.4) is 0 Å². The van der Waals surface area contributed by atoms with Crippen LogP contribution in [0.4, 0.5) is 4.79 Å². The molecule has 2 aromatic carbocycles. The van der Waals surface area contributed by atoms with Crippen LogP contribution in [0.5, 0.6) is 0 Å². The molecule has 10 nitrogen and oxygen atoms in total. The van der Waals surface area contributed by atoms with Gasteiger partial charge in [0.2, 0.25) is 0 Å². The van der Waals surface area contributed by atoms with Gasteiger partial charge in [0.25, 0.3) is 10.1 Å². The fourth-order valence-corrected chi connectivity index (χ4v) is 5.26. The lowest BCUT2D eigenvalue weighted by Gasteiger charge is -2.29. The molecule has 0 saturated heterocycles. The molecule has 0 aliphatic carbocycles. The highest BCUT2D eigenvalue weighted by atomic mass is 32.2. The molecular formula is C35H51NO9S. The van der Waals surface area contributed by atoms with Gasteiger partial charge in [-0.25, -0.2) is 9.59 Å². The molecule has 0 heterocycles. The first-order chi connectivity index (χ1) is 21.0. The summed E-state index contributed by atoms with van der Waals surface area (Å²) in [6, 6.07) is 12.9. The van der Waals surface area contributed by atoms with Crippen LogP contribution >= 0.6 is 0 Å². The number of hydrogen-bond acceptors (Lipinski definition) is 9. The Hall–Kier alpha value is -3.44. The Labute approximate surface area is 274 Å². The average Bonchev–Trinajstić information content (AvgIpc) is 2.88. The van der Waals surface area contributed by atoms with Gasteiger partial charge in [-0.15, -0.1) is 0 Å². The lowest BCUT2D eigenvalue weighted by molar-refractivity contribution is -0.162. The number of carbonyl (C=O) groups excluding carboxylic acids is 3. The van der Waals surface area contributed by atoms with Crippen LogP contribution in [0, 0.1) is 12.8 Å². The third kappa shape index (κ3) is 14.8. The zero-order valence-corrected chi connectivity index (χ0v) is 29.7. The quantitative estimate of drug-likeness (QED) is 0.111. The minimum Gasteiger partial charge on any atom is -0.460 e. The van der Waals surface area contributed by atoms with Crippen LogP contribution < -0.4 is 5.32 Å².